The maximum Gasteiger partial charge on any atom is 0.228 e. The van der Waals surface area contributed by atoms with Crippen LogP contribution in [0.25, 0.3) is 0 Å². The van der Waals surface area contributed by atoms with Crippen molar-refractivity contribution in [2.24, 2.45) is 0 Å². The quantitative estimate of drug-likeness (QED) is 0.901. The molecule has 1 N–H and O–H groups in total. The Kier molecular flexibility index (Phi) is 5.28. The number of anilines is 2. The van der Waals surface area contributed by atoms with Gasteiger partial charge in [0.25, 0.3) is 0 Å². The normalized spacial score (nSPS) is 14.7. The summed E-state index contributed by atoms with van der Waals surface area (Å²) >= 11 is 1.55. The fraction of sp³-hybridized carbons (Fsp3) is 0.444. The third-order valence-corrected chi connectivity index (χ3v) is 5.01. The molecule has 3 rings (SSSR count). The largest absolute Gasteiger partial charge is 0.342 e. The zero-order valence-electron chi connectivity index (χ0n) is 13.5. The molecule has 1 aromatic carbocycles. The average molecular weight is 329 g/mol. The Morgan fingerprint density at radius 1 is 1.22 bits per heavy atom. The first-order chi connectivity index (χ1) is 11.2. The minimum atomic E-state index is 0.203. The maximum absolute atomic E-state index is 12.3. The fourth-order valence-corrected chi connectivity index (χ4v) is 3.53. The molecule has 1 fully saturated rings. The van der Waals surface area contributed by atoms with Gasteiger partial charge in [0, 0.05) is 24.2 Å². The second-order valence-corrected chi connectivity index (χ2v) is 6.80. The van der Waals surface area contributed by atoms with Crippen LogP contribution < -0.4 is 5.32 Å². The third-order valence-electron chi connectivity index (χ3n) is 4.21. The molecule has 0 aliphatic carbocycles. The number of aromatic nitrogens is 1. The Hall–Kier alpha value is -1.88. The van der Waals surface area contributed by atoms with Gasteiger partial charge in [0.05, 0.1) is 12.1 Å². The summed E-state index contributed by atoms with van der Waals surface area (Å²) in [5.74, 6) is 0.203. The van der Waals surface area contributed by atoms with Crippen LogP contribution >= 0.6 is 11.3 Å². The average Bonchev–Trinajstić information content (AvgIpc) is 3.03. The standard InChI is InChI=1S/C18H23N3OS/c1-2-14-6-8-15(9-7-14)19-18-20-16(13-23-18)12-17(22)21-10-4-3-5-11-21/h6-9,13H,2-5,10-12H2,1H3,(H,19,20). The van der Waals surface area contributed by atoms with E-state index in [0.717, 1.165) is 48.9 Å². The number of likely N-dealkylation sites (tertiary alicyclic amines) is 1. The Morgan fingerprint density at radius 2 is 1.96 bits per heavy atom. The molecule has 1 aliphatic rings. The van der Waals surface area contributed by atoms with Gasteiger partial charge in [-0.2, -0.15) is 0 Å². The molecule has 1 aromatic heterocycles. The van der Waals surface area contributed by atoms with E-state index < -0.39 is 0 Å². The first-order valence-corrected chi connectivity index (χ1v) is 9.20. The number of benzene rings is 1. The van der Waals surface area contributed by atoms with Crippen molar-refractivity contribution in [3.05, 3.63) is 40.9 Å². The van der Waals surface area contributed by atoms with Crippen molar-refractivity contribution >= 4 is 28.1 Å². The zero-order chi connectivity index (χ0) is 16.1. The summed E-state index contributed by atoms with van der Waals surface area (Å²) in [5, 5.41) is 6.13. The van der Waals surface area contributed by atoms with Crippen LogP contribution in [0.5, 0.6) is 0 Å². The number of nitrogens with zero attached hydrogens (tertiary/aromatic N) is 2. The van der Waals surface area contributed by atoms with Crippen molar-refractivity contribution in [2.45, 2.75) is 39.0 Å². The van der Waals surface area contributed by atoms with Crippen molar-refractivity contribution in [1.29, 1.82) is 0 Å². The predicted octanol–water partition coefficient (Wildman–Crippen LogP) is 4.00. The van der Waals surface area contributed by atoms with Gasteiger partial charge in [-0.3, -0.25) is 4.79 Å². The van der Waals surface area contributed by atoms with Gasteiger partial charge in [0.15, 0.2) is 5.13 Å². The smallest absolute Gasteiger partial charge is 0.228 e. The molecular formula is C18H23N3OS. The zero-order valence-corrected chi connectivity index (χ0v) is 14.4. The second-order valence-electron chi connectivity index (χ2n) is 5.94. The number of carbonyl (C=O) groups excluding carboxylic acids is 1. The van der Waals surface area contributed by atoms with E-state index in [1.165, 1.54) is 12.0 Å². The van der Waals surface area contributed by atoms with Crippen molar-refractivity contribution in [1.82, 2.24) is 9.88 Å². The molecule has 1 saturated heterocycles. The number of aryl methyl sites for hydroxylation is 1. The van der Waals surface area contributed by atoms with Gasteiger partial charge in [-0.1, -0.05) is 19.1 Å². The van der Waals surface area contributed by atoms with Crippen LogP contribution in [-0.2, 0) is 17.6 Å². The molecular weight excluding hydrogens is 306 g/mol. The van der Waals surface area contributed by atoms with Crippen molar-refractivity contribution < 1.29 is 4.79 Å². The summed E-state index contributed by atoms with van der Waals surface area (Å²) in [7, 11) is 0. The Labute approximate surface area is 141 Å². The first kappa shape index (κ1) is 16.0. The molecule has 122 valence electrons. The second kappa shape index (κ2) is 7.59. The molecule has 0 saturated carbocycles. The number of rotatable bonds is 5. The highest BCUT2D eigenvalue weighted by Gasteiger charge is 2.17. The van der Waals surface area contributed by atoms with Crippen LogP contribution in [0.4, 0.5) is 10.8 Å². The Balaban J connectivity index is 1.57. The monoisotopic (exact) mass is 329 g/mol. The minimum Gasteiger partial charge on any atom is -0.342 e. The van der Waals surface area contributed by atoms with Crippen LogP contribution in [0, 0.1) is 0 Å². The lowest BCUT2D eigenvalue weighted by atomic mass is 10.1. The van der Waals surface area contributed by atoms with Crippen LogP contribution in [0.3, 0.4) is 0 Å². The highest BCUT2D eigenvalue weighted by atomic mass is 32.1. The summed E-state index contributed by atoms with van der Waals surface area (Å²) in [6, 6.07) is 8.38. The SMILES string of the molecule is CCc1ccc(Nc2nc(CC(=O)N3CCCCC3)cs2)cc1. The molecule has 2 aromatic rings. The number of hydrogen-bond acceptors (Lipinski definition) is 4. The molecule has 0 radical (unpaired) electrons. The molecule has 2 heterocycles. The summed E-state index contributed by atoms with van der Waals surface area (Å²) in [4.78, 5) is 18.8. The van der Waals surface area contributed by atoms with E-state index >= 15 is 0 Å². The van der Waals surface area contributed by atoms with Crippen molar-refractivity contribution in [3.8, 4) is 0 Å². The van der Waals surface area contributed by atoms with Gasteiger partial charge >= 0.3 is 0 Å². The molecule has 0 atom stereocenters. The number of hydrogen-bond donors (Lipinski definition) is 1. The van der Waals surface area contributed by atoms with E-state index in [9.17, 15) is 4.79 Å². The topological polar surface area (TPSA) is 45.2 Å². The van der Waals surface area contributed by atoms with Gasteiger partial charge in [0.2, 0.25) is 5.91 Å². The van der Waals surface area contributed by atoms with Gasteiger partial charge in [-0.15, -0.1) is 11.3 Å². The number of carbonyl (C=O) groups is 1. The molecule has 5 heteroatoms. The van der Waals surface area contributed by atoms with Crippen LogP contribution in [0.15, 0.2) is 29.6 Å². The van der Waals surface area contributed by atoms with Gasteiger partial charge in [-0.25, -0.2) is 4.98 Å². The number of thiazole rings is 1. The van der Waals surface area contributed by atoms with Gasteiger partial charge < -0.3 is 10.2 Å². The van der Waals surface area contributed by atoms with Crippen LogP contribution in [-0.4, -0.2) is 28.9 Å². The number of nitrogens with one attached hydrogen (secondary N) is 1. The third kappa shape index (κ3) is 4.32. The van der Waals surface area contributed by atoms with E-state index in [2.05, 4.69) is 41.5 Å². The van der Waals surface area contributed by atoms with E-state index in [1.807, 2.05) is 10.3 Å². The first-order valence-electron chi connectivity index (χ1n) is 8.33. The molecule has 0 spiro atoms. The summed E-state index contributed by atoms with van der Waals surface area (Å²) < 4.78 is 0. The van der Waals surface area contributed by atoms with E-state index in [4.69, 9.17) is 0 Å². The highest BCUT2D eigenvalue weighted by molar-refractivity contribution is 7.13. The van der Waals surface area contributed by atoms with Crippen molar-refractivity contribution in [2.75, 3.05) is 18.4 Å². The van der Waals surface area contributed by atoms with Gasteiger partial charge in [-0.05, 0) is 43.4 Å². The Morgan fingerprint density at radius 3 is 2.65 bits per heavy atom. The molecule has 0 bridgehead atoms. The lowest BCUT2D eigenvalue weighted by Gasteiger charge is -2.26. The summed E-state index contributed by atoms with van der Waals surface area (Å²) in [6.45, 7) is 3.95. The predicted molar refractivity (Wildman–Crippen MR) is 95.4 cm³/mol. The molecule has 1 aliphatic heterocycles. The fourth-order valence-electron chi connectivity index (χ4n) is 2.80. The summed E-state index contributed by atoms with van der Waals surface area (Å²) in [6.07, 6.45) is 4.95. The molecule has 4 nitrogen and oxygen atoms in total. The molecule has 23 heavy (non-hydrogen) atoms. The van der Waals surface area contributed by atoms with Crippen molar-refractivity contribution in [3.63, 3.8) is 0 Å². The van der Waals surface area contributed by atoms with Gasteiger partial charge in [0.1, 0.15) is 0 Å². The molecule has 0 unspecified atom stereocenters. The lowest BCUT2D eigenvalue weighted by molar-refractivity contribution is -0.131. The van der Waals surface area contributed by atoms with Crippen LogP contribution in [0.1, 0.15) is 37.4 Å². The Bertz CT molecular complexity index is 645. The lowest BCUT2D eigenvalue weighted by Crippen LogP contribution is -2.36. The van der Waals surface area contributed by atoms with E-state index in [-0.39, 0.29) is 5.91 Å². The van der Waals surface area contributed by atoms with E-state index in [0.29, 0.717) is 6.42 Å². The minimum absolute atomic E-state index is 0.203. The summed E-state index contributed by atoms with van der Waals surface area (Å²) in [5.41, 5.74) is 3.21. The number of amides is 1. The molecule has 1 amide bonds. The maximum atomic E-state index is 12.3. The highest BCUT2D eigenvalue weighted by Crippen LogP contribution is 2.22. The number of piperidine rings is 1. The van der Waals surface area contributed by atoms with Crippen LogP contribution in [0.2, 0.25) is 0 Å². The van der Waals surface area contributed by atoms with E-state index in [1.54, 1.807) is 11.3 Å².